The lowest BCUT2D eigenvalue weighted by atomic mass is 10.2. The molecule has 0 aromatic heterocycles. The summed E-state index contributed by atoms with van der Waals surface area (Å²) >= 11 is 0. The quantitative estimate of drug-likeness (QED) is 0.539. The number of hydrazine groups is 1. The van der Waals surface area contributed by atoms with Crippen LogP contribution < -0.4 is 10.9 Å². The fourth-order valence-corrected chi connectivity index (χ4v) is 1.34. The van der Waals surface area contributed by atoms with Gasteiger partial charge in [0.1, 0.15) is 0 Å². The number of carboxylic acids is 1. The molecule has 0 heterocycles. The lowest BCUT2D eigenvalue weighted by molar-refractivity contribution is -0.139. The Morgan fingerprint density at radius 3 is 2.29 bits per heavy atom. The Morgan fingerprint density at radius 2 is 1.88 bits per heavy atom. The number of nitrogens with one attached hydrogen (secondary N) is 2. The van der Waals surface area contributed by atoms with Gasteiger partial charge in [0.05, 0.1) is 13.0 Å². The van der Waals surface area contributed by atoms with E-state index in [9.17, 15) is 14.4 Å². The van der Waals surface area contributed by atoms with Crippen LogP contribution in [0, 0.1) is 0 Å². The van der Waals surface area contributed by atoms with Crippen LogP contribution in [0.25, 0.3) is 0 Å². The molecule has 3 N–H and O–H groups in total. The second-order valence-electron chi connectivity index (χ2n) is 3.74. The van der Waals surface area contributed by atoms with E-state index in [0.29, 0.717) is 6.54 Å². The molecule has 1 atom stereocenters. The highest BCUT2D eigenvalue weighted by molar-refractivity contribution is 5.82. The van der Waals surface area contributed by atoms with Crippen LogP contribution in [0.3, 0.4) is 0 Å². The van der Waals surface area contributed by atoms with Crippen LogP contribution in [0.15, 0.2) is 0 Å². The van der Waals surface area contributed by atoms with Gasteiger partial charge in [-0.15, -0.1) is 0 Å². The Bertz CT molecular complexity index is 293. The number of amides is 2. The predicted octanol–water partition coefficient (Wildman–Crippen LogP) is -0.661. The molecule has 0 fully saturated rings. The number of nitrogens with zero attached hydrogens (tertiary/aromatic N) is 1. The van der Waals surface area contributed by atoms with Gasteiger partial charge in [-0.3, -0.25) is 30.1 Å². The van der Waals surface area contributed by atoms with E-state index in [4.69, 9.17) is 5.11 Å². The number of rotatable bonds is 6. The molecule has 0 aromatic carbocycles. The maximum atomic E-state index is 11.4. The normalized spacial score (nSPS) is 12.0. The number of likely N-dealkylation sites (N-methyl/N-ethyl adjacent to an activating group) is 1. The van der Waals surface area contributed by atoms with Crippen LogP contribution in [0.5, 0.6) is 0 Å². The Balaban J connectivity index is 4.15. The van der Waals surface area contributed by atoms with Gasteiger partial charge in [-0.05, 0) is 13.5 Å². The van der Waals surface area contributed by atoms with Gasteiger partial charge in [0, 0.05) is 13.0 Å². The van der Waals surface area contributed by atoms with E-state index < -0.39 is 5.97 Å². The summed E-state index contributed by atoms with van der Waals surface area (Å²) in [6, 6.07) is -0.236. The van der Waals surface area contributed by atoms with Crippen molar-refractivity contribution in [2.75, 3.05) is 13.1 Å². The number of aliphatic carboxylic acids is 1. The summed E-state index contributed by atoms with van der Waals surface area (Å²) in [5, 5.41) is 8.65. The van der Waals surface area contributed by atoms with Crippen molar-refractivity contribution in [1.82, 2.24) is 15.8 Å². The molecule has 2 amide bonds. The first kappa shape index (κ1) is 15.4. The van der Waals surface area contributed by atoms with Crippen molar-refractivity contribution in [3.63, 3.8) is 0 Å². The third kappa shape index (κ3) is 7.29. The van der Waals surface area contributed by atoms with Crippen LogP contribution in [0.2, 0.25) is 0 Å². The highest BCUT2D eigenvalue weighted by Crippen LogP contribution is 2.02. The zero-order valence-corrected chi connectivity index (χ0v) is 10.3. The molecule has 0 aromatic rings. The zero-order chi connectivity index (χ0) is 13.4. The van der Waals surface area contributed by atoms with Crippen molar-refractivity contribution < 1.29 is 19.5 Å². The maximum Gasteiger partial charge on any atom is 0.304 e. The maximum absolute atomic E-state index is 11.4. The van der Waals surface area contributed by atoms with Crippen molar-refractivity contribution in [1.29, 1.82) is 0 Å². The van der Waals surface area contributed by atoms with Gasteiger partial charge in [0.25, 0.3) is 5.91 Å². The molecular formula is C10H19N3O4. The number of carbonyl (C=O) groups excluding carboxylic acids is 2. The van der Waals surface area contributed by atoms with E-state index in [-0.39, 0.29) is 30.8 Å². The molecule has 0 saturated heterocycles. The Morgan fingerprint density at radius 1 is 1.29 bits per heavy atom. The Labute approximate surface area is 100 Å². The van der Waals surface area contributed by atoms with Crippen LogP contribution in [-0.2, 0) is 14.4 Å². The molecular weight excluding hydrogens is 226 g/mol. The Hall–Kier alpha value is -1.63. The summed E-state index contributed by atoms with van der Waals surface area (Å²) in [6.45, 7) is 5.46. The number of carboxylic acid groups (broad SMARTS) is 1. The molecule has 0 aliphatic rings. The molecule has 1 unspecified atom stereocenters. The summed E-state index contributed by atoms with van der Waals surface area (Å²) in [4.78, 5) is 34.2. The van der Waals surface area contributed by atoms with E-state index >= 15 is 0 Å². The van der Waals surface area contributed by atoms with Crippen LogP contribution in [-0.4, -0.2) is 46.9 Å². The second kappa shape index (κ2) is 7.61. The number of carbonyl (C=O) groups is 3. The van der Waals surface area contributed by atoms with Gasteiger partial charge >= 0.3 is 5.97 Å². The SMILES string of the molecule is CCN(CC(=O)NNC(C)=O)C(C)CC(=O)O. The van der Waals surface area contributed by atoms with E-state index in [1.807, 2.05) is 6.92 Å². The molecule has 17 heavy (non-hydrogen) atoms. The van der Waals surface area contributed by atoms with Crippen LogP contribution in [0.1, 0.15) is 27.2 Å². The molecule has 0 saturated carbocycles. The highest BCUT2D eigenvalue weighted by Gasteiger charge is 2.18. The molecule has 7 heteroatoms. The van der Waals surface area contributed by atoms with Crippen molar-refractivity contribution in [3.8, 4) is 0 Å². The van der Waals surface area contributed by atoms with E-state index in [1.165, 1.54) is 6.92 Å². The van der Waals surface area contributed by atoms with E-state index in [2.05, 4.69) is 10.9 Å². The van der Waals surface area contributed by atoms with Gasteiger partial charge in [0.15, 0.2) is 0 Å². The second-order valence-corrected chi connectivity index (χ2v) is 3.74. The average Bonchev–Trinajstić information content (AvgIpc) is 2.21. The highest BCUT2D eigenvalue weighted by atomic mass is 16.4. The topological polar surface area (TPSA) is 98.7 Å². The van der Waals surface area contributed by atoms with E-state index in [0.717, 1.165) is 0 Å². The molecule has 0 rings (SSSR count). The average molecular weight is 245 g/mol. The lowest BCUT2D eigenvalue weighted by Gasteiger charge is -2.25. The summed E-state index contributed by atoms with van der Waals surface area (Å²) < 4.78 is 0. The summed E-state index contributed by atoms with van der Waals surface area (Å²) in [5.41, 5.74) is 4.40. The van der Waals surface area contributed by atoms with Gasteiger partial charge in [-0.1, -0.05) is 6.92 Å². The van der Waals surface area contributed by atoms with Crippen LogP contribution >= 0.6 is 0 Å². The van der Waals surface area contributed by atoms with Gasteiger partial charge in [-0.25, -0.2) is 0 Å². The molecule has 0 aliphatic carbocycles. The smallest absolute Gasteiger partial charge is 0.304 e. The van der Waals surface area contributed by atoms with Gasteiger partial charge in [-0.2, -0.15) is 0 Å². The summed E-state index contributed by atoms with van der Waals surface area (Å²) in [5.74, 6) is -1.64. The van der Waals surface area contributed by atoms with Crippen molar-refractivity contribution in [3.05, 3.63) is 0 Å². The third-order valence-corrected chi connectivity index (χ3v) is 2.22. The molecule has 0 bridgehead atoms. The third-order valence-electron chi connectivity index (χ3n) is 2.22. The minimum atomic E-state index is -0.904. The van der Waals surface area contributed by atoms with E-state index in [1.54, 1.807) is 11.8 Å². The number of hydrogen-bond acceptors (Lipinski definition) is 4. The van der Waals surface area contributed by atoms with Crippen molar-refractivity contribution >= 4 is 17.8 Å². The minimum absolute atomic E-state index is 0.0265. The molecule has 7 nitrogen and oxygen atoms in total. The summed E-state index contributed by atoms with van der Waals surface area (Å²) in [6.07, 6.45) is -0.0265. The van der Waals surface area contributed by atoms with Gasteiger partial charge < -0.3 is 5.11 Å². The van der Waals surface area contributed by atoms with Crippen molar-refractivity contribution in [2.45, 2.75) is 33.2 Å². The molecule has 0 radical (unpaired) electrons. The summed E-state index contributed by atoms with van der Waals surface area (Å²) in [7, 11) is 0. The monoisotopic (exact) mass is 245 g/mol. The first-order valence-corrected chi connectivity index (χ1v) is 5.38. The fraction of sp³-hybridized carbons (Fsp3) is 0.700. The lowest BCUT2D eigenvalue weighted by Crippen LogP contribution is -2.47. The standard InChI is InChI=1S/C10H19N3O4/c1-4-13(7(2)5-10(16)17)6-9(15)12-11-8(3)14/h7H,4-6H2,1-3H3,(H,11,14)(H,12,15)(H,16,17). The molecule has 98 valence electrons. The largest absolute Gasteiger partial charge is 0.481 e. The predicted molar refractivity (Wildman–Crippen MR) is 60.9 cm³/mol. The first-order chi connectivity index (χ1) is 7.86. The molecule has 0 spiro atoms. The molecule has 0 aliphatic heterocycles. The van der Waals surface area contributed by atoms with Crippen molar-refractivity contribution in [2.24, 2.45) is 0 Å². The van der Waals surface area contributed by atoms with Gasteiger partial charge in [0.2, 0.25) is 5.91 Å². The minimum Gasteiger partial charge on any atom is -0.481 e. The number of hydrogen-bond donors (Lipinski definition) is 3. The Kier molecular flexibility index (Phi) is 6.88. The van der Waals surface area contributed by atoms with Crippen LogP contribution in [0.4, 0.5) is 0 Å². The first-order valence-electron chi connectivity index (χ1n) is 5.38. The fourth-order valence-electron chi connectivity index (χ4n) is 1.34. The zero-order valence-electron chi connectivity index (χ0n) is 10.3.